The van der Waals surface area contributed by atoms with Crippen LogP contribution in [0, 0.1) is 46.1 Å². The zero-order valence-electron chi connectivity index (χ0n) is 53.0. The van der Waals surface area contributed by atoms with E-state index in [0.29, 0.717) is 17.6 Å². The van der Waals surface area contributed by atoms with Crippen molar-refractivity contribution in [1.82, 2.24) is 5.32 Å². The minimum atomic E-state index is -2.14. The van der Waals surface area contributed by atoms with Crippen LogP contribution in [0.15, 0.2) is 70.6 Å². The van der Waals surface area contributed by atoms with Gasteiger partial charge in [0, 0.05) is 49.9 Å². The molecule has 8 N–H and O–H groups in total. The van der Waals surface area contributed by atoms with E-state index in [2.05, 4.69) is 19.2 Å². The van der Waals surface area contributed by atoms with Crippen molar-refractivity contribution in [2.45, 2.75) is 250 Å². The van der Waals surface area contributed by atoms with E-state index in [1.54, 1.807) is 40.7 Å². The fourth-order valence-electron chi connectivity index (χ4n) is 15.9. The highest BCUT2D eigenvalue weighted by Gasteiger charge is 2.65. The quantitative estimate of drug-likeness (QED) is 0.0324. The molecular weight excluding hydrogens is 1160 g/mol. The molecule has 6 fully saturated rings. The molecule has 1 saturated carbocycles. The SMILES string of the molecule is COC(=O)NC1C(C)OC(OC2CC=C(C)C3C=CC4C(OC5CC(OC6CC(O)C(OC7CC(O)C(O)C(C)O7)C(C)O6)C(OC(C)=O)C(C)O5)C(C)CC(C)C4C3(C)C(O)=C3C(=O)OC4(CC(C=CC(C)=O)=CC(O)C4C=C2C)C3=O)CC1(C)[NH+]([O-])O. The predicted octanol–water partition coefficient (Wildman–Crippen LogP) is 3.86. The van der Waals surface area contributed by atoms with Crippen LogP contribution in [0.5, 0.6) is 0 Å². The van der Waals surface area contributed by atoms with Crippen LogP contribution in [0.2, 0.25) is 0 Å². The van der Waals surface area contributed by atoms with Gasteiger partial charge >= 0.3 is 18.0 Å². The van der Waals surface area contributed by atoms with Gasteiger partial charge in [0.05, 0.1) is 74.4 Å². The van der Waals surface area contributed by atoms with Crippen molar-refractivity contribution >= 4 is 29.6 Å². The molecule has 496 valence electrons. The number of alkyl carbamates (subject to hydrolysis) is 1. The number of amides is 1. The van der Waals surface area contributed by atoms with Gasteiger partial charge in [0.1, 0.15) is 35.7 Å². The number of aliphatic hydroxyl groups is 5. The van der Waals surface area contributed by atoms with Crippen molar-refractivity contribution in [3.05, 3.63) is 75.8 Å². The zero-order valence-corrected chi connectivity index (χ0v) is 53.0. The van der Waals surface area contributed by atoms with Gasteiger partial charge < -0.3 is 88.2 Å². The summed E-state index contributed by atoms with van der Waals surface area (Å²) < 4.78 is 68.6. The van der Waals surface area contributed by atoms with Crippen molar-refractivity contribution in [3.63, 3.8) is 0 Å². The van der Waals surface area contributed by atoms with Gasteiger partial charge in [-0.15, -0.1) is 0 Å². The maximum atomic E-state index is 15.8. The number of hydroxylamine groups is 2. The highest BCUT2D eigenvalue weighted by molar-refractivity contribution is 6.26. The van der Waals surface area contributed by atoms with Crippen molar-refractivity contribution in [2.24, 2.45) is 40.9 Å². The molecule has 25 heteroatoms. The van der Waals surface area contributed by atoms with Gasteiger partial charge in [-0.25, -0.2) is 20.0 Å². The summed E-state index contributed by atoms with van der Waals surface area (Å²) in [7, 11) is 1.17. The Balaban J connectivity index is 1.05. The Morgan fingerprint density at radius 3 is 2.03 bits per heavy atom. The Kier molecular flexibility index (Phi) is 20.8. The minimum Gasteiger partial charge on any atom is -0.600 e. The molecule has 5 aliphatic heterocycles. The number of nitrogens with one attached hydrogen (secondary N) is 2. The molecule has 89 heavy (non-hydrogen) atoms. The topological polar surface area (TPSA) is 348 Å². The molecule has 0 aromatic heterocycles. The van der Waals surface area contributed by atoms with Gasteiger partial charge in [0.15, 0.2) is 48.2 Å². The van der Waals surface area contributed by atoms with Gasteiger partial charge in [-0.1, -0.05) is 62.8 Å². The first-order chi connectivity index (χ1) is 41.8. The van der Waals surface area contributed by atoms with Gasteiger partial charge in [-0.2, -0.15) is 0 Å². The summed E-state index contributed by atoms with van der Waals surface area (Å²) in [5.74, 6) is -6.76. The fraction of sp³-hybridized carbons (Fsp3) is 0.734. The molecule has 5 saturated heterocycles. The molecule has 28 unspecified atom stereocenters. The average molecular weight is 1260 g/mol. The summed E-state index contributed by atoms with van der Waals surface area (Å²) in [6.45, 7) is 20.3. The molecule has 9 rings (SSSR count). The molecule has 2 bridgehead atoms. The Labute approximate surface area is 518 Å². The fourth-order valence-corrected chi connectivity index (χ4v) is 15.9. The third-order valence-corrected chi connectivity index (χ3v) is 20.4. The summed E-state index contributed by atoms with van der Waals surface area (Å²) in [6, 6.07) is -1.03. The molecule has 1 amide bonds. The highest BCUT2D eigenvalue weighted by Crippen LogP contribution is 2.61. The predicted molar refractivity (Wildman–Crippen MR) is 311 cm³/mol. The maximum absolute atomic E-state index is 15.8. The second-order valence-electron chi connectivity index (χ2n) is 26.8. The van der Waals surface area contributed by atoms with Crippen LogP contribution < -0.4 is 10.5 Å². The molecule has 4 aliphatic carbocycles. The second kappa shape index (κ2) is 27.0. The third kappa shape index (κ3) is 13.5. The summed E-state index contributed by atoms with van der Waals surface area (Å²) in [4.78, 5) is 68.1. The highest BCUT2D eigenvalue weighted by atomic mass is 16.8. The number of fused-ring (bicyclic) bond motifs is 4. The Morgan fingerprint density at radius 2 is 1.39 bits per heavy atom. The average Bonchev–Trinajstić information content (AvgIpc) is 1.69. The van der Waals surface area contributed by atoms with Crippen LogP contribution in [0.3, 0.4) is 0 Å². The molecule has 0 aromatic carbocycles. The van der Waals surface area contributed by atoms with Crippen molar-refractivity contribution in [3.8, 4) is 0 Å². The van der Waals surface area contributed by atoms with E-state index in [-0.39, 0.29) is 56.1 Å². The first kappa shape index (κ1) is 68.6. The van der Waals surface area contributed by atoms with Crippen LogP contribution in [0.1, 0.15) is 128 Å². The summed E-state index contributed by atoms with van der Waals surface area (Å²) in [6.07, 6.45) is -5.24. The van der Waals surface area contributed by atoms with E-state index in [1.807, 2.05) is 32.1 Å². The number of ketones is 2. The molecule has 5 heterocycles. The van der Waals surface area contributed by atoms with Crippen LogP contribution in [0.25, 0.3) is 0 Å². The summed E-state index contributed by atoms with van der Waals surface area (Å²) in [5, 5.41) is 82.8. The number of carbonyl (C=O) groups excluding carboxylic acids is 5. The number of aliphatic hydroxyl groups excluding tert-OH is 5. The van der Waals surface area contributed by atoms with E-state index >= 15 is 4.79 Å². The number of allylic oxidation sites excluding steroid dienone is 5. The van der Waals surface area contributed by atoms with E-state index in [0.717, 1.165) is 5.57 Å². The number of Topliss-reactive ketones (excluding diaryl/α,β-unsaturated/α-hetero) is 1. The lowest BCUT2D eigenvalue weighted by Crippen LogP contribution is -3.17. The molecule has 0 radical (unpaired) electrons. The van der Waals surface area contributed by atoms with Gasteiger partial charge in [0.25, 0.3) is 0 Å². The zero-order chi connectivity index (χ0) is 65.1. The number of quaternary nitrogens is 1. The second-order valence-corrected chi connectivity index (χ2v) is 26.8. The van der Waals surface area contributed by atoms with Crippen LogP contribution >= 0.6 is 0 Å². The number of hydrogen-bond donors (Lipinski definition) is 8. The van der Waals surface area contributed by atoms with Crippen molar-refractivity contribution in [2.75, 3.05) is 7.11 Å². The first-order valence-electron chi connectivity index (χ1n) is 31.2. The standard InChI is InChI=1S/C64H92N2O23/c1-28-14-19-45(85-50-27-62(11,66(77)78)57(36(9)83-50)65-61(76)79-13)29(2)21-41-42(69)22-38(16-15-32(5)67)26-64(41)59(74)51(60(75)89-64)58(73)63(12)40(28)18-17-39-52(63)30(3)20-31(4)54(39)87-49-25-46(56(35(8)82-49)84-37(10)68)86-47-24-44(71)55(34(7)81-47)88-48-23-43(70)53(72)33(6)80-48/h14-18,21-22,30-31,33-36,39-50,52-57,66,69-73,77H,19-20,23-27H2,1-13H3,(H,65,76). The van der Waals surface area contributed by atoms with E-state index in [4.69, 9.17) is 52.1 Å². The first-order valence-corrected chi connectivity index (χ1v) is 31.2. The van der Waals surface area contributed by atoms with Gasteiger partial charge in [0.2, 0.25) is 5.78 Å². The third-order valence-electron chi connectivity index (χ3n) is 20.4. The van der Waals surface area contributed by atoms with E-state index in [9.17, 15) is 55.1 Å². The lowest BCUT2D eigenvalue weighted by Gasteiger charge is -2.56. The number of esters is 2. The molecule has 1 spiro atoms. The van der Waals surface area contributed by atoms with Crippen LogP contribution in [-0.2, 0) is 71.3 Å². The molecule has 28 atom stereocenters. The lowest BCUT2D eigenvalue weighted by molar-refractivity contribution is -1.09. The number of hydrogen-bond acceptors (Lipinski definition) is 23. The van der Waals surface area contributed by atoms with Gasteiger partial charge in [-0.05, 0) is 103 Å². The van der Waals surface area contributed by atoms with E-state index in [1.165, 1.54) is 46.1 Å². The number of carbonyl (C=O) groups is 5. The Morgan fingerprint density at radius 1 is 0.764 bits per heavy atom. The van der Waals surface area contributed by atoms with Crippen molar-refractivity contribution < 1.29 is 112 Å². The number of methoxy groups -OCH3 is 1. The maximum Gasteiger partial charge on any atom is 0.407 e. The summed E-state index contributed by atoms with van der Waals surface area (Å²) >= 11 is 0. The minimum absolute atomic E-state index is 0.0201. The van der Waals surface area contributed by atoms with Crippen LogP contribution in [-0.4, -0.2) is 189 Å². The van der Waals surface area contributed by atoms with Crippen molar-refractivity contribution in [1.29, 1.82) is 0 Å². The normalized spacial score (nSPS) is 45.6. The molecule has 0 aromatic rings. The molecular formula is C64H92N2O23. The summed E-state index contributed by atoms with van der Waals surface area (Å²) in [5.41, 5.74) is -4.28. The lowest BCUT2D eigenvalue weighted by atomic mass is 9.49. The number of rotatable bonds is 13. The largest absolute Gasteiger partial charge is 0.600 e. The van der Waals surface area contributed by atoms with Crippen LogP contribution in [0.4, 0.5) is 4.79 Å². The molecule has 9 aliphatic rings. The number of ether oxygens (including phenoxy) is 11. The monoisotopic (exact) mass is 1260 g/mol. The van der Waals surface area contributed by atoms with E-state index < -0.39 is 191 Å². The Hall–Kier alpha value is -4.81. The Bertz CT molecular complexity index is 2830. The van der Waals surface area contributed by atoms with Gasteiger partial charge in [-0.3, -0.25) is 14.4 Å². The smallest absolute Gasteiger partial charge is 0.407 e. The molecule has 25 nitrogen and oxygen atoms in total.